The lowest BCUT2D eigenvalue weighted by atomic mass is 10.0. The third-order valence-electron chi connectivity index (χ3n) is 6.40. The monoisotopic (exact) mass is 468 g/mol. The summed E-state index contributed by atoms with van der Waals surface area (Å²) in [4.78, 5) is 19.8. The number of hydrogen-bond acceptors (Lipinski definition) is 6. The molecule has 4 heterocycles. The Labute approximate surface area is 200 Å². The van der Waals surface area contributed by atoms with E-state index in [1.165, 1.54) is 10.4 Å². The fourth-order valence-corrected chi connectivity index (χ4v) is 5.48. The minimum atomic E-state index is -0.0989. The molecule has 5 aromatic rings. The number of nitrogens with zero attached hydrogens (tertiary/aromatic N) is 6. The molecular weight excluding hydrogens is 444 g/mol. The normalized spacial score (nSPS) is 14.7. The highest BCUT2D eigenvalue weighted by Crippen LogP contribution is 2.30. The Bertz CT molecular complexity index is 1510. The van der Waals surface area contributed by atoms with Crippen molar-refractivity contribution >= 4 is 27.2 Å². The Hall–Kier alpha value is -3.78. The van der Waals surface area contributed by atoms with Gasteiger partial charge < -0.3 is 4.90 Å². The quantitative estimate of drug-likeness (QED) is 0.377. The van der Waals surface area contributed by atoms with Crippen LogP contribution in [-0.2, 0) is 0 Å². The number of thiazole rings is 1. The molecule has 0 bridgehead atoms. The predicted molar refractivity (Wildman–Crippen MR) is 136 cm³/mol. The van der Waals surface area contributed by atoms with Gasteiger partial charge in [-0.25, -0.2) is 9.67 Å². The van der Waals surface area contributed by atoms with Crippen molar-refractivity contribution in [1.29, 1.82) is 0 Å². The summed E-state index contributed by atoms with van der Waals surface area (Å²) in [6, 6.07) is 20.1. The summed E-state index contributed by atoms with van der Waals surface area (Å²) in [5.41, 5.74) is 4.23. The first-order valence-corrected chi connectivity index (χ1v) is 12.3. The van der Waals surface area contributed by atoms with Gasteiger partial charge in [0.15, 0.2) is 5.69 Å². The molecule has 0 saturated carbocycles. The highest BCUT2D eigenvalue weighted by atomic mass is 32.1. The first-order chi connectivity index (χ1) is 16.7. The van der Waals surface area contributed by atoms with Crippen LogP contribution in [0.4, 0.5) is 5.69 Å². The molecule has 0 amide bonds. The molecule has 170 valence electrons. The molecule has 1 fully saturated rings. The summed E-state index contributed by atoms with van der Waals surface area (Å²) in [5, 5.41) is 10.3. The number of hydrogen-bond donors (Lipinski definition) is 0. The second-order valence-corrected chi connectivity index (χ2v) is 9.81. The third kappa shape index (κ3) is 3.80. The first kappa shape index (κ1) is 20.8. The van der Waals surface area contributed by atoms with Crippen LogP contribution in [0, 0.1) is 6.92 Å². The van der Waals surface area contributed by atoms with Crippen molar-refractivity contribution in [3.8, 4) is 17.1 Å². The van der Waals surface area contributed by atoms with E-state index in [1.807, 2.05) is 54.2 Å². The second-order valence-electron chi connectivity index (χ2n) is 8.58. The number of aromatic nitrogens is 5. The molecule has 3 aromatic heterocycles. The average molecular weight is 469 g/mol. The Kier molecular flexibility index (Phi) is 5.22. The van der Waals surface area contributed by atoms with Gasteiger partial charge in [0.2, 0.25) is 5.43 Å². The molecule has 0 spiro atoms. The molecule has 1 aliphatic rings. The molecule has 0 unspecified atom stereocenters. The van der Waals surface area contributed by atoms with E-state index >= 15 is 0 Å². The van der Waals surface area contributed by atoms with E-state index in [0.29, 0.717) is 11.4 Å². The van der Waals surface area contributed by atoms with Crippen molar-refractivity contribution in [2.24, 2.45) is 0 Å². The summed E-state index contributed by atoms with van der Waals surface area (Å²) in [5.74, 6) is 0. The van der Waals surface area contributed by atoms with E-state index in [0.717, 1.165) is 42.1 Å². The van der Waals surface area contributed by atoms with Crippen LogP contribution in [0.5, 0.6) is 0 Å². The molecule has 0 radical (unpaired) electrons. The van der Waals surface area contributed by atoms with Crippen LogP contribution in [-0.4, -0.2) is 37.6 Å². The van der Waals surface area contributed by atoms with Crippen molar-refractivity contribution in [1.82, 2.24) is 24.5 Å². The van der Waals surface area contributed by atoms with Crippen LogP contribution in [0.25, 0.3) is 27.3 Å². The van der Waals surface area contributed by atoms with E-state index in [-0.39, 0.29) is 11.5 Å². The topological polar surface area (TPSA) is 68.8 Å². The van der Waals surface area contributed by atoms with Crippen molar-refractivity contribution in [2.45, 2.75) is 25.8 Å². The SMILES string of the molecule is Cc1nc2cc(N3CCC(n4ccc(=O)c(-c5ccnn5-c5ccccc5)n4)CC3)ccc2s1. The van der Waals surface area contributed by atoms with Crippen molar-refractivity contribution < 1.29 is 0 Å². The van der Waals surface area contributed by atoms with Crippen molar-refractivity contribution in [3.63, 3.8) is 0 Å². The highest BCUT2D eigenvalue weighted by Gasteiger charge is 2.23. The minimum Gasteiger partial charge on any atom is -0.371 e. The number of para-hydroxylation sites is 1. The number of anilines is 1. The molecule has 8 heteroatoms. The van der Waals surface area contributed by atoms with Gasteiger partial charge in [0.25, 0.3) is 0 Å². The number of aryl methyl sites for hydroxylation is 1. The molecule has 0 atom stereocenters. The fraction of sp³-hybridized carbons (Fsp3) is 0.231. The van der Waals surface area contributed by atoms with Crippen LogP contribution in [0.2, 0.25) is 0 Å². The van der Waals surface area contributed by atoms with Gasteiger partial charge in [-0.2, -0.15) is 10.2 Å². The van der Waals surface area contributed by atoms with E-state index in [1.54, 1.807) is 28.3 Å². The van der Waals surface area contributed by atoms with E-state index in [9.17, 15) is 4.79 Å². The van der Waals surface area contributed by atoms with Gasteiger partial charge in [0, 0.05) is 31.0 Å². The average Bonchev–Trinajstić information content (AvgIpc) is 3.50. The highest BCUT2D eigenvalue weighted by molar-refractivity contribution is 7.18. The maximum atomic E-state index is 12.8. The molecule has 7 nitrogen and oxygen atoms in total. The van der Waals surface area contributed by atoms with Crippen LogP contribution < -0.4 is 10.3 Å². The molecule has 0 aliphatic carbocycles. The Morgan fingerprint density at radius 3 is 2.62 bits per heavy atom. The van der Waals surface area contributed by atoms with Crippen molar-refractivity contribution in [2.75, 3.05) is 18.0 Å². The molecule has 1 aliphatic heterocycles. The molecule has 6 rings (SSSR count). The number of fused-ring (bicyclic) bond motifs is 1. The summed E-state index contributed by atoms with van der Waals surface area (Å²) < 4.78 is 4.96. The Morgan fingerprint density at radius 1 is 0.971 bits per heavy atom. The summed E-state index contributed by atoms with van der Waals surface area (Å²) in [6.07, 6.45) is 5.45. The molecule has 0 N–H and O–H groups in total. The van der Waals surface area contributed by atoms with Gasteiger partial charge in [-0.15, -0.1) is 11.3 Å². The molecule has 34 heavy (non-hydrogen) atoms. The molecule has 1 saturated heterocycles. The molecule has 2 aromatic carbocycles. The minimum absolute atomic E-state index is 0.0989. The first-order valence-electron chi connectivity index (χ1n) is 11.5. The van der Waals surface area contributed by atoms with Gasteiger partial charge in [0.1, 0.15) is 0 Å². The zero-order chi connectivity index (χ0) is 23.1. The predicted octanol–water partition coefficient (Wildman–Crippen LogP) is 4.86. The third-order valence-corrected chi connectivity index (χ3v) is 7.35. The van der Waals surface area contributed by atoms with Crippen LogP contribution in [0.3, 0.4) is 0 Å². The lowest BCUT2D eigenvalue weighted by molar-refractivity contribution is 0.362. The molecular formula is C26H24N6OS. The van der Waals surface area contributed by atoms with Gasteiger partial charge in [-0.1, -0.05) is 18.2 Å². The summed E-state index contributed by atoms with van der Waals surface area (Å²) in [7, 11) is 0. The largest absolute Gasteiger partial charge is 0.371 e. The smallest absolute Gasteiger partial charge is 0.209 e. The van der Waals surface area contributed by atoms with Gasteiger partial charge in [-0.05, 0) is 56.2 Å². The standard InChI is InChI=1S/C26H24N6OS/c1-18-28-22-17-21(7-8-25(22)34-18)30-14-10-19(11-15-30)31-16-12-24(33)26(29-31)23-9-13-27-32(23)20-5-3-2-4-6-20/h2-9,12-13,16-17,19H,10-11,14-15H2,1H3. The lowest BCUT2D eigenvalue weighted by Gasteiger charge is -2.34. The van der Waals surface area contributed by atoms with Crippen LogP contribution in [0.1, 0.15) is 23.9 Å². The van der Waals surface area contributed by atoms with Gasteiger partial charge >= 0.3 is 0 Å². The maximum absolute atomic E-state index is 12.8. The number of rotatable bonds is 4. The van der Waals surface area contributed by atoms with Gasteiger partial charge in [0.05, 0.1) is 38.8 Å². The number of benzene rings is 2. The summed E-state index contributed by atoms with van der Waals surface area (Å²) >= 11 is 1.73. The fourth-order valence-electron chi connectivity index (χ4n) is 4.68. The Morgan fingerprint density at radius 2 is 1.79 bits per heavy atom. The van der Waals surface area contributed by atoms with E-state index < -0.39 is 0 Å². The van der Waals surface area contributed by atoms with Crippen LogP contribution >= 0.6 is 11.3 Å². The zero-order valence-corrected chi connectivity index (χ0v) is 19.7. The maximum Gasteiger partial charge on any atom is 0.209 e. The van der Waals surface area contributed by atoms with E-state index in [4.69, 9.17) is 5.10 Å². The summed E-state index contributed by atoms with van der Waals surface area (Å²) in [6.45, 7) is 3.92. The second kappa shape index (κ2) is 8.53. The lowest BCUT2D eigenvalue weighted by Crippen LogP contribution is -2.35. The zero-order valence-electron chi connectivity index (χ0n) is 18.8. The van der Waals surface area contributed by atoms with Crippen LogP contribution in [0.15, 0.2) is 77.9 Å². The Balaban J connectivity index is 1.24. The van der Waals surface area contributed by atoms with E-state index in [2.05, 4.69) is 33.2 Å². The van der Waals surface area contributed by atoms with Crippen molar-refractivity contribution in [3.05, 3.63) is 88.3 Å². The van der Waals surface area contributed by atoms with Gasteiger partial charge in [-0.3, -0.25) is 9.48 Å². The number of piperidine rings is 1.